The van der Waals surface area contributed by atoms with Crippen LogP contribution in [0.1, 0.15) is 25.8 Å². The van der Waals surface area contributed by atoms with Crippen LogP contribution in [0.2, 0.25) is 0 Å². The highest BCUT2D eigenvalue weighted by Gasteiger charge is 2.15. The molecule has 1 aromatic carbocycles. The second-order valence-corrected chi connectivity index (χ2v) is 6.57. The maximum absolute atomic E-state index is 4.32. The van der Waals surface area contributed by atoms with Crippen LogP contribution in [0, 0.1) is 0 Å². The zero-order valence-electron chi connectivity index (χ0n) is 16.1. The minimum absolute atomic E-state index is 0.879. The van der Waals surface area contributed by atoms with Crippen molar-refractivity contribution >= 4 is 5.57 Å². The van der Waals surface area contributed by atoms with Crippen molar-refractivity contribution in [1.29, 1.82) is 0 Å². The highest BCUT2D eigenvalue weighted by atomic mass is 14.6. The minimum Gasteiger partial charge on any atom is -0.265 e. The summed E-state index contributed by atoms with van der Waals surface area (Å²) in [4.78, 5) is 4.09. The molecule has 0 saturated heterocycles. The van der Waals surface area contributed by atoms with Gasteiger partial charge in [-0.05, 0) is 77.0 Å². The fourth-order valence-electron chi connectivity index (χ4n) is 3.42. The lowest BCUT2D eigenvalue weighted by atomic mass is 9.89. The molecule has 1 aliphatic rings. The third-order valence-corrected chi connectivity index (χ3v) is 4.97. The first kappa shape index (κ1) is 18.6. The summed E-state index contributed by atoms with van der Waals surface area (Å²) in [6.07, 6.45) is 15.0. The smallest absolute Gasteiger partial charge is 0.0273 e. The molecule has 0 radical (unpaired) electrons. The molecule has 0 unspecified atom stereocenters. The molecule has 1 heterocycles. The Kier molecular flexibility index (Phi) is 5.83. The molecule has 0 aliphatic heterocycles. The SMILES string of the molecule is C=C/C=C1/CC=CC(/C(=C\C)c2ccc(-c3ccncc3)cc2)=C(C)C1=C. The van der Waals surface area contributed by atoms with Crippen LogP contribution in [0.5, 0.6) is 0 Å². The van der Waals surface area contributed by atoms with Crippen LogP contribution >= 0.6 is 0 Å². The Hall–Kier alpha value is -3.19. The third kappa shape index (κ3) is 3.98. The van der Waals surface area contributed by atoms with E-state index < -0.39 is 0 Å². The van der Waals surface area contributed by atoms with Crippen molar-refractivity contribution in [1.82, 2.24) is 4.98 Å². The summed E-state index contributed by atoms with van der Waals surface area (Å²) in [5.74, 6) is 0. The van der Waals surface area contributed by atoms with E-state index in [9.17, 15) is 0 Å². The molecule has 1 aromatic heterocycles. The Morgan fingerprint density at radius 1 is 1.04 bits per heavy atom. The maximum Gasteiger partial charge on any atom is 0.0273 e. The zero-order chi connectivity index (χ0) is 19.2. The maximum atomic E-state index is 4.32. The Bertz CT molecular complexity index is 965. The van der Waals surface area contributed by atoms with Crippen LogP contribution in [0.4, 0.5) is 0 Å². The molecule has 0 fully saturated rings. The summed E-state index contributed by atoms with van der Waals surface area (Å²) < 4.78 is 0. The third-order valence-electron chi connectivity index (χ3n) is 4.97. The minimum atomic E-state index is 0.879. The number of aromatic nitrogens is 1. The summed E-state index contributed by atoms with van der Waals surface area (Å²) in [6.45, 7) is 12.4. The van der Waals surface area contributed by atoms with Crippen LogP contribution in [0.3, 0.4) is 0 Å². The lowest BCUT2D eigenvalue weighted by Crippen LogP contribution is -1.94. The average Bonchev–Trinajstić information content (AvgIpc) is 2.84. The summed E-state index contributed by atoms with van der Waals surface area (Å²) in [6, 6.07) is 12.8. The lowest BCUT2D eigenvalue weighted by molar-refractivity contribution is 1.23. The van der Waals surface area contributed by atoms with Crippen molar-refractivity contribution in [2.24, 2.45) is 0 Å². The Labute approximate surface area is 162 Å². The molecule has 0 N–H and O–H groups in total. The largest absolute Gasteiger partial charge is 0.265 e. The number of pyridine rings is 1. The van der Waals surface area contributed by atoms with E-state index in [0.717, 1.165) is 12.0 Å². The highest BCUT2D eigenvalue weighted by Crippen LogP contribution is 2.35. The first-order valence-electron chi connectivity index (χ1n) is 9.22. The Balaban J connectivity index is 1.99. The number of hydrogen-bond acceptors (Lipinski definition) is 1. The molecule has 0 atom stereocenters. The van der Waals surface area contributed by atoms with Gasteiger partial charge in [0.2, 0.25) is 0 Å². The van der Waals surface area contributed by atoms with E-state index in [4.69, 9.17) is 0 Å². The molecular weight excluding hydrogens is 326 g/mol. The van der Waals surface area contributed by atoms with Crippen LogP contribution in [-0.2, 0) is 0 Å². The molecule has 2 aromatic rings. The predicted molar refractivity (Wildman–Crippen MR) is 117 cm³/mol. The first-order chi connectivity index (χ1) is 13.2. The Morgan fingerprint density at radius 2 is 1.70 bits per heavy atom. The average molecular weight is 351 g/mol. The second-order valence-electron chi connectivity index (χ2n) is 6.57. The van der Waals surface area contributed by atoms with Crippen LogP contribution in [0.15, 0.2) is 115 Å². The standard InChI is InChI=1S/C26H25N/c1-5-8-21-9-7-10-26(20(4)19(21)3)25(6-2)24-13-11-22(12-14-24)23-15-17-27-18-16-23/h5-8,10-18H,1,3,9H2,2,4H3/b21-8-,25-6-. The van der Waals surface area contributed by atoms with E-state index in [1.54, 1.807) is 0 Å². The topological polar surface area (TPSA) is 12.9 Å². The number of rotatable bonds is 4. The van der Waals surface area contributed by atoms with Crippen LogP contribution in [0.25, 0.3) is 16.7 Å². The van der Waals surface area contributed by atoms with Crippen LogP contribution < -0.4 is 0 Å². The van der Waals surface area contributed by atoms with Gasteiger partial charge in [-0.3, -0.25) is 4.98 Å². The van der Waals surface area contributed by atoms with Crippen LogP contribution in [-0.4, -0.2) is 4.98 Å². The van der Waals surface area contributed by atoms with Gasteiger partial charge in [0.1, 0.15) is 0 Å². The van der Waals surface area contributed by atoms with E-state index in [1.165, 1.54) is 39.0 Å². The van der Waals surface area contributed by atoms with E-state index in [1.807, 2.05) is 30.6 Å². The van der Waals surface area contributed by atoms with E-state index >= 15 is 0 Å². The van der Waals surface area contributed by atoms with Crippen molar-refractivity contribution in [2.45, 2.75) is 20.3 Å². The van der Waals surface area contributed by atoms with Crippen molar-refractivity contribution in [3.05, 3.63) is 120 Å². The summed E-state index contributed by atoms with van der Waals surface area (Å²) in [5.41, 5.74) is 9.55. The molecule has 27 heavy (non-hydrogen) atoms. The number of allylic oxidation sites excluding steroid dienone is 10. The van der Waals surface area contributed by atoms with Gasteiger partial charge in [0.15, 0.2) is 0 Å². The van der Waals surface area contributed by atoms with Gasteiger partial charge in [-0.25, -0.2) is 0 Å². The van der Waals surface area contributed by atoms with Gasteiger partial charge in [0.05, 0.1) is 0 Å². The summed E-state index contributed by atoms with van der Waals surface area (Å²) in [5, 5.41) is 0. The molecule has 134 valence electrons. The van der Waals surface area contributed by atoms with Gasteiger partial charge in [-0.15, -0.1) is 0 Å². The van der Waals surface area contributed by atoms with Crippen molar-refractivity contribution < 1.29 is 0 Å². The highest BCUT2D eigenvalue weighted by molar-refractivity contribution is 5.85. The van der Waals surface area contributed by atoms with Gasteiger partial charge in [0.25, 0.3) is 0 Å². The number of hydrogen-bond donors (Lipinski definition) is 0. The van der Waals surface area contributed by atoms with E-state index in [-0.39, 0.29) is 0 Å². The van der Waals surface area contributed by atoms with Gasteiger partial charge in [-0.1, -0.05) is 67.8 Å². The normalized spacial score (nSPS) is 16.6. The van der Waals surface area contributed by atoms with E-state index in [0.29, 0.717) is 0 Å². The molecule has 0 bridgehead atoms. The molecular formula is C26H25N. The first-order valence-corrected chi connectivity index (χ1v) is 9.22. The Morgan fingerprint density at radius 3 is 2.33 bits per heavy atom. The summed E-state index contributed by atoms with van der Waals surface area (Å²) >= 11 is 0. The van der Waals surface area contributed by atoms with E-state index in [2.05, 4.69) is 80.6 Å². The molecule has 0 spiro atoms. The summed E-state index contributed by atoms with van der Waals surface area (Å²) in [7, 11) is 0. The monoisotopic (exact) mass is 351 g/mol. The fraction of sp³-hybridized carbons (Fsp3) is 0.115. The molecule has 1 nitrogen and oxygen atoms in total. The second kappa shape index (κ2) is 8.46. The van der Waals surface area contributed by atoms with Crippen molar-refractivity contribution in [2.75, 3.05) is 0 Å². The van der Waals surface area contributed by atoms with Crippen molar-refractivity contribution in [3.63, 3.8) is 0 Å². The molecule has 1 heteroatoms. The van der Waals surface area contributed by atoms with Crippen molar-refractivity contribution in [3.8, 4) is 11.1 Å². The molecule has 0 amide bonds. The number of nitrogens with zero attached hydrogens (tertiary/aromatic N) is 1. The van der Waals surface area contributed by atoms with Gasteiger partial charge >= 0.3 is 0 Å². The zero-order valence-corrected chi connectivity index (χ0v) is 16.1. The van der Waals surface area contributed by atoms with Gasteiger partial charge in [-0.2, -0.15) is 0 Å². The molecule has 3 rings (SSSR count). The fourth-order valence-corrected chi connectivity index (χ4v) is 3.42. The quantitative estimate of drug-likeness (QED) is 0.572. The number of benzene rings is 1. The predicted octanol–water partition coefficient (Wildman–Crippen LogP) is 7.10. The van der Waals surface area contributed by atoms with Gasteiger partial charge in [0, 0.05) is 12.4 Å². The molecule has 1 aliphatic carbocycles. The molecule has 0 saturated carbocycles. The lowest BCUT2D eigenvalue weighted by Gasteiger charge is -2.15. The van der Waals surface area contributed by atoms with Gasteiger partial charge < -0.3 is 0 Å².